The molecule has 0 unspecified atom stereocenters. The maximum Gasteiger partial charge on any atom is 0.0682 e. The van der Waals surface area contributed by atoms with Crippen LogP contribution in [0.4, 0.5) is 0 Å². The SMILES string of the molecule is CCCCCN=c1ccn(Cc2ccc3ccccc3c2)c2ccccc12. The molecule has 0 radical (unpaired) electrons. The summed E-state index contributed by atoms with van der Waals surface area (Å²) in [6, 6.07) is 26.0. The summed E-state index contributed by atoms with van der Waals surface area (Å²) < 4.78 is 2.32. The molecule has 0 N–H and O–H groups in total. The zero-order valence-electron chi connectivity index (χ0n) is 15.9. The molecule has 136 valence electrons. The second-order valence-corrected chi connectivity index (χ2v) is 7.12. The van der Waals surface area contributed by atoms with Gasteiger partial charge in [0.1, 0.15) is 0 Å². The Bertz CT molecular complexity index is 1120. The molecule has 0 aliphatic carbocycles. The van der Waals surface area contributed by atoms with Crippen molar-refractivity contribution in [1.82, 2.24) is 4.57 Å². The van der Waals surface area contributed by atoms with Crippen molar-refractivity contribution in [3.05, 3.63) is 89.9 Å². The van der Waals surface area contributed by atoms with Crippen LogP contribution >= 0.6 is 0 Å². The normalized spacial score (nSPS) is 12.1. The van der Waals surface area contributed by atoms with E-state index in [-0.39, 0.29) is 0 Å². The molecule has 1 heterocycles. The lowest BCUT2D eigenvalue weighted by atomic mass is 10.1. The molecule has 0 saturated carbocycles. The van der Waals surface area contributed by atoms with Gasteiger partial charge in [-0.25, -0.2) is 0 Å². The topological polar surface area (TPSA) is 17.3 Å². The van der Waals surface area contributed by atoms with Gasteiger partial charge in [-0.05, 0) is 41.0 Å². The first kappa shape index (κ1) is 17.5. The van der Waals surface area contributed by atoms with Gasteiger partial charge < -0.3 is 4.57 Å². The van der Waals surface area contributed by atoms with Crippen molar-refractivity contribution in [3.8, 4) is 0 Å². The van der Waals surface area contributed by atoms with Gasteiger partial charge in [-0.15, -0.1) is 0 Å². The zero-order valence-corrected chi connectivity index (χ0v) is 15.9. The summed E-state index contributed by atoms with van der Waals surface area (Å²) in [6.45, 7) is 4.00. The highest BCUT2D eigenvalue weighted by molar-refractivity contribution is 5.83. The number of aromatic nitrogens is 1. The number of benzene rings is 3. The molecule has 0 amide bonds. The van der Waals surface area contributed by atoms with E-state index in [1.807, 2.05) is 0 Å². The molecule has 4 rings (SSSR count). The fourth-order valence-electron chi connectivity index (χ4n) is 3.64. The van der Waals surface area contributed by atoms with E-state index in [1.165, 1.54) is 40.1 Å². The Balaban J connectivity index is 1.69. The van der Waals surface area contributed by atoms with Crippen LogP contribution in [0.1, 0.15) is 31.7 Å². The lowest BCUT2D eigenvalue weighted by Crippen LogP contribution is -2.11. The minimum Gasteiger partial charge on any atom is -0.343 e. The Labute approximate surface area is 160 Å². The van der Waals surface area contributed by atoms with Gasteiger partial charge >= 0.3 is 0 Å². The van der Waals surface area contributed by atoms with Gasteiger partial charge in [0.15, 0.2) is 0 Å². The van der Waals surface area contributed by atoms with E-state index in [0.29, 0.717) is 0 Å². The summed E-state index contributed by atoms with van der Waals surface area (Å²) >= 11 is 0. The second-order valence-electron chi connectivity index (χ2n) is 7.12. The van der Waals surface area contributed by atoms with Gasteiger partial charge in [-0.3, -0.25) is 4.99 Å². The van der Waals surface area contributed by atoms with E-state index < -0.39 is 0 Å². The molecule has 0 spiro atoms. The van der Waals surface area contributed by atoms with Crippen LogP contribution in [0.3, 0.4) is 0 Å². The highest BCUT2D eigenvalue weighted by Gasteiger charge is 2.03. The summed E-state index contributed by atoms with van der Waals surface area (Å²) in [4.78, 5) is 4.85. The van der Waals surface area contributed by atoms with Gasteiger partial charge in [0.05, 0.1) is 10.9 Å². The summed E-state index contributed by atoms with van der Waals surface area (Å²) in [6.07, 6.45) is 5.82. The Hall–Kier alpha value is -2.87. The fraction of sp³-hybridized carbons (Fsp3) is 0.240. The molecule has 27 heavy (non-hydrogen) atoms. The summed E-state index contributed by atoms with van der Waals surface area (Å²) in [5.41, 5.74) is 2.55. The quantitative estimate of drug-likeness (QED) is 0.382. The smallest absolute Gasteiger partial charge is 0.0682 e. The van der Waals surface area contributed by atoms with E-state index in [1.54, 1.807) is 0 Å². The van der Waals surface area contributed by atoms with E-state index in [0.717, 1.165) is 24.9 Å². The largest absolute Gasteiger partial charge is 0.343 e. The molecule has 0 saturated heterocycles. The Morgan fingerprint density at radius 1 is 0.815 bits per heavy atom. The average molecular weight is 354 g/mol. The molecule has 4 aromatic rings. The van der Waals surface area contributed by atoms with Crippen molar-refractivity contribution < 1.29 is 0 Å². The van der Waals surface area contributed by atoms with E-state index in [2.05, 4.69) is 90.5 Å². The Morgan fingerprint density at radius 3 is 2.52 bits per heavy atom. The molecular formula is C25H26N2. The van der Waals surface area contributed by atoms with Gasteiger partial charge in [0.2, 0.25) is 0 Å². The highest BCUT2D eigenvalue weighted by atomic mass is 14.9. The van der Waals surface area contributed by atoms with E-state index in [9.17, 15) is 0 Å². The molecule has 2 nitrogen and oxygen atoms in total. The van der Waals surface area contributed by atoms with Crippen LogP contribution in [0.5, 0.6) is 0 Å². The fourth-order valence-corrected chi connectivity index (χ4v) is 3.64. The van der Waals surface area contributed by atoms with Crippen LogP contribution < -0.4 is 5.36 Å². The third kappa shape index (κ3) is 3.95. The molecule has 0 fully saturated rings. The van der Waals surface area contributed by atoms with Gasteiger partial charge in [0, 0.05) is 24.7 Å². The van der Waals surface area contributed by atoms with Crippen LogP contribution in [0.15, 0.2) is 84.0 Å². The number of rotatable bonds is 6. The minimum absolute atomic E-state index is 0.863. The van der Waals surface area contributed by atoms with Crippen molar-refractivity contribution in [2.24, 2.45) is 4.99 Å². The Morgan fingerprint density at radius 2 is 1.63 bits per heavy atom. The molecule has 1 aromatic heterocycles. The van der Waals surface area contributed by atoms with Gasteiger partial charge in [-0.2, -0.15) is 0 Å². The van der Waals surface area contributed by atoms with Crippen molar-refractivity contribution in [2.45, 2.75) is 32.7 Å². The Kier molecular flexibility index (Phi) is 5.34. The standard InChI is InChI=1S/C25H26N2/c1-2-3-8-16-26-24-15-17-27(25-12-7-6-11-23(24)25)19-20-13-14-21-9-4-5-10-22(21)18-20/h4-7,9-15,17-18H,2-3,8,16,19H2,1H3. The van der Waals surface area contributed by atoms with Gasteiger partial charge in [0.25, 0.3) is 0 Å². The van der Waals surface area contributed by atoms with Crippen molar-refractivity contribution in [3.63, 3.8) is 0 Å². The first-order valence-electron chi connectivity index (χ1n) is 9.91. The number of hydrogen-bond acceptors (Lipinski definition) is 1. The molecule has 0 aliphatic rings. The highest BCUT2D eigenvalue weighted by Crippen LogP contribution is 2.18. The number of unbranched alkanes of at least 4 members (excludes halogenated alkanes) is 2. The maximum absolute atomic E-state index is 4.85. The lowest BCUT2D eigenvalue weighted by Gasteiger charge is -2.12. The van der Waals surface area contributed by atoms with E-state index >= 15 is 0 Å². The third-order valence-electron chi connectivity index (χ3n) is 5.11. The zero-order chi connectivity index (χ0) is 18.5. The van der Waals surface area contributed by atoms with Crippen LogP contribution in [0, 0.1) is 0 Å². The summed E-state index contributed by atoms with van der Waals surface area (Å²) in [5, 5.41) is 4.92. The number of hydrogen-bond donors (Lipinski definition) is 0. The van der Waals surface area contributed by atoms with Gasteiger partial charge in [-0.1, -0.05) is 74.4 Å². The minimum atomic E-state index is 0.863. The van der Waals surface area contributed by atoms with E-state index in [4.69, 9.17) is 4.99 Å². The molecule has 0 atom stereocenters. The van der Waals surface area contributed by atoms with Crippen LogP contribution in [0.25, 0.3) is 21.7 Å². The maximum atomic E-state index is 4.85. The summed E-state index contributed by atoms with van der Waals surface area (Å²) in [5.74, 6) is 0. The van der Waals surface area contributed by atoms with Crippen LogP contribution in [-0.2, 0) is 6.54 Å². The number of para-hydroxylation sites is 1. The lowest BCUT2D eigenvalue weighted by molar-refractivity contribution is 0.720. The molecule has 0 aliphatic heterocycles. The molecular weight excluding hydrogens is 328 g/mol. The van der Waals surface area contributed by atoms with Crippen molar-refractivity contribution in [2.75, 3.05) is 6.54 Å². The number of fused-ring (bicyclic) bond motifs is 2. The third-order valence-corrected chi connectivity index (χ3v) is 5.11. The monoisotopic (exact) mass is 354 g/mol. The first-order valence-corrected chi connectivity index (χ1v) is 9.91. The molecule has 0 bridgehead atoms. The predicted molar refractivity (Wildman–Crippen MR) is 115 cm³/mol. The van der Waals surface area contributed by atoms with Crippen LogP contribution in [-0.4, -0.2) is 11.1 Å². The molecule has 2 heteroatoms. The first-order chi connectivity index (χ1) is 13.3. The molecule has 3 aromatic carbocycles. The number of pyridine rings is 1. The average Bonchev–Trinajstić information content (AvgIpc) is 2.72. The predicted octanol–water partition coefficient (Wildman–Crippen LogP) is 5.93. The van der Waals surface area contributed by atoms with Crippen LogP contribution in [0.2, 0.25) is 0 Å². The van der Waals surface area contributed by atoms with Crippen molar-refractivity contribution in [1.29, 1.82) is 0 Å². The summed E-state index contributed by atoms with van der Waals surface area (Å²) in [7, 11) is 0. The second kappa shape index (κ2) is 8.22. The number of nitrogens with zero attached hydrogens (tertiary/aromatic N) is 2. The van der Waals surface area contributed by atoms with Crippen molar-refractivity contribution >= 4 is 21.7 Å².